The minimum Gasteiger partial charge on any atom is -0.494 e. The molecule has 2 atom stereocenters. The van der Waals surface area contributed by atoms with Crippen molar-refractivity contribution in [1.29, 1.82) is 0 Å². The zero-order chi connectivity index (χ0) is 26.9. The van der Waals surface area contributed by atoms with Crippen molar-refractivity contribution in [3.63, 3.8) is 0 Å². The van der Waals surface area contributed by atoms with E-state index in [0.29, 0.717) is 32.7 Å². The van der Waals surface area contributed by atoms with Crippen LogP contribution < -0.4 is 14.2 Å². The second-order valence-corrected chi connectivity index (χ2v) is 12.4. The quantitative estimate of drug-likeness (QED) is 0.357. The number of carboxylic acids is 1. The van der Waals surface area contributed by atoms with Crippen molar-refractivity contribution in [2.24, 2.45) is 5.92 Å². The molecule has 38 heavy (non-hydrogen) atoms. The lowest BCUT2D eigenvalue weighted by Gasteiger charge is -2.16. The lowest BCUT2D eigenvalue weighted by atomic mass is 9.92. The largest absolute Gasteiger partial charge is 0.494 e. The fourth-order valence-electron chi connectivity index (χ4n) is 5.07. The van der Waals surface area contributed by atoms with Gasteiger partial charge in [0.1, 0.15) is 33.7 Å². The molecule has 200 valence electrons. The third kappa shape index (κ3) is 6.13. The SMILES string of the molecule is Cc1cc(OCCCS(C)(=O)=O)cc2c1-c1cc(COc3ccc([C@H]4C[C@@H]4C(=O)O)cc3)ccc1OCC2. The van der Waals surface area contributed by atoms with Crippen molar-refractivity contribution >= 4 is 15.8 Å². The van der Waals surface area contributed by atoms with Crippen molar-refractivity contribution in [1.82, 2.24) is 0 Å². The summed E-state index contributed by atoms with van der Waals surface area (Å²) >= 11 is 0. The molecular weight excluding hydrogens is 504 g/mol. The van der Waals surface area contributed by atoms with Crippen LogP contribution in [0.15, 0.2) is 54.6 Å². The zero-order valence-corrected chi connectivity index (χ0v) is 22.4. The minimum absolute atomic E-state index is 0.104. The summed E-state index contributed by atoms with van der Waals surface area (Å²) < 4.78 is 40.7. The van der Waals surface area contributed by atoms with Gasteiger partial charge >= 0.3 is 5.97 Å². The van der Waals surface area contributed by atoms with E-state index >= 15 is 0 Å². The molecule has 3 aromatic rings. The van der Waals surface area contributed by atoms with Crippen molar-refractivity contribution < 1.29 is 32.5 Å². The predicted octanol–water partition coefficient (Wildman–Crippen LogP) is 5.18. The van der Waals surface area contributed by atoms with Crippen molar-refractivity contribution in [3.8, 4) is 28.4 Å². The molecule has 1 saturated carbocycles. The predicted molar refractivity (Wildman–Crippen MR) is 145 cm³/mol. The van der Waals surface area contributed by atoms with Gasteiger partial charge in [-0.1, -0.05) is 18.2 Å². The molecule has 1 fully saturated rings. The summed E-state index contributed by atoms with van der Waals surface area (Å²) in [5.74, 6) is 1.53. The van der Waals surface area contributed by atoms with Gasteiger partial charge in [-0.15, -0.1) is 0 Å². The molecule has 8 heteroatoms. The molecule has 0 saturated heterocycles. The van der Waals surface area contributed by atoms with E-state index in [-0.39, 0.29) is 17.6 Å². The molecule has 0 radical (unpaired) electrons. The van der Waals surface area contributed by atoms with Gasteiger partial charge in [0.15, 0.2) is 0 Å². The van der Waals surface area contributed by atoms with Crippen LogP contribution in [0.4, 0.5) is 0 Å². The number of ether oxygens (including phenoxy) is 3. The zero-order valence-electron chi connectivity index (χ0n) is 21.6. The van der Waals surface area contributed by atoms with E-state index in [4.69, 9.17) is 19.3 Å². The van der Waals surface area contributed by atoms with Crippen LogP contribution in [0.2, 0.25) is 0 Å². The number of fused-ring (bicyclic) bond motifs is 3. The summed E-state index contributed by atoms with van der Waals surface area (Å²) in [6.45, 7) is 3.35. The molecule has 0 aromatic heterocycles. The van der Waals surface area contributed by atoms with Crippen LogP contribution in [0, 0.1) is 12.8 Å². The Bertz CT molecular complexity index is 1440. The maximum atomic E-state index is 11.4. The number of hydrogen-bond donors (Lipinski definition) is 1. The molecular formula is C30H32O7S. The summed E-state index contributed by atoms with van der Waals surface area (Å²) in [6, 6.07) is 17.8. The minimum atomic E-state index is -3.00. The van der Waals surface area contributed by atoms with Crippen molar-refractivity contribution in [2.75, 3.05) is 25.2 Å². The lowest BCUT2D eigenvalue weighted by molar-refractivity contribution is -0.138. The van der Waals surface area contributed by atoms with Gasteiger partial charge in [0, 0.05) is 18.2 Å². The number of aliphatic carboxylic acids is 1. The maximum absolute atomic E-state index is 11.4. The Morgan fingerprint density at radius 3 is 2.55 bits per heavy atom. The first-order chi connectivity index (χ1) is 18.2. The molecule has 1 N–H and O–H groups in total. The second kappa shape index (κ2) is 10.7. The summed E-state index contributed by atoms with van der Waals surface area (Å²) in [5.41, 5.74) is 6.40. The molecule has 0 amide bonds. The average molecular weight is 537 g/mol. The first-order valence-corrected chi connectivity index (χ1v) is 14.9. The topological polar surface area (TPSA) is 99.1 Å². The third-order valence-corrected chi connectivity index (χ3v) is 8.11. The highest BCUT2D eigenvalue weighted by Crippen LogP contribution is 2.47. The van der Waals surface area contributed by atoms with Crippen LogP contribution in [0.5, 0.6) is 17.2 Å². The first kappa shape index (κ1) is 26.1. The fourth-order valence-corrected chi connectivity index (χ4v) is 5.72. The summed E-state index contributed by atoms with van der Waals surface area (Å²) in [7, 11) is -3.00. The number of benzene rings is 3. The van der Waals surface area contributed by atoms with Gasteiger partial charge in [-0.3, -0.25) is 4.79 Å². The summed E-state index contributed by atoms with van der Waals surface area (Å²) in [4.78, 5) is 11.1. The van der Waals surface area contributed by atoms with Gasteiger partial charge in [-0.2, -0.15) is 0 Å². The van der Waals surface area contributed by atoms with E-state index in [1.54, 1.807) is 0 Å². The van der Waals surface area contributed by atoms with Gasteiger partial charge in [0.25, 0.3) is 0 Å². The molecule has 1 heterocycles. The van der Waals surface area contributed by atoms with Crippen molar-refractivity contribution in [2.45, 2.75) is 38.7 Å². The molecule has 1 aliphatic carbocycles. The van der Waals surface area contributed by atoms with E-state index in [0.717, 1.165) is 57.1 Å². The third-order valence-electron chi connectivity index (χ3n) is 7.08. The van der Waals surface area contributed by atoms with Crippen LogP contribution >= 0.6 is 0 Å². The highest BCUT2D eigenvalue weighted by Gasteiger charge is 2.44. The Kier molecular flexibility index (Phi) is 7.34. The fraction of sp³-hybridized carbons (Fsp3) is 0.367. The molecule has 0 unspecified atom stereocenters. The van der Waals surface area contributed by atoms with E-state index in [1.807, 2.05) is 48.5 Å². The molecule has 5 rings (SSSR count). The smallest absolute Gasteiger partial charge is 0.307 e. The van der Waals surface area contributed by atoms with Crippen LogP contribution in [0.25, 0.3) is 11.1 Å². The van der Waals surface area contributed by atoms with Gasteiger partial charge in [0.05, 0.1) is 24.9 Å². The van der Waals surface area contributed by atoms with Gasteiger partial charge < -0.3 is 19.3 Å². The van der Waals surface area contributed by atoms with Gasteiger partial charge in [-0.05, 0) is 89.9 Å². The Balaban J connectivity index is 1.28. The van der Waals surface area contributed by atoms with Crippen LogP contribution in [-0.2, 0) is 27.7 Å². The molecule has 0 spiro atoms. The Hall–Kier alpha value is -3.52. The standard InChI is InChI=1S/C30H32O7S/c1-19-14-24(35-11-3-13-38(2,33)34)16-22-10-12-36-28-9-4-20(15-27(28)29(19)22)18-37-23-7-5-21(6-8-23)25-17-26(25)30(31)32/h4-9,14-16,25-26H,3,10-13,17-18H2,1-2H3,(H,31,32)/t25-,26+/m1/s1. The average Bonchev–Trinajstić information content (AvgIpc) is 3.69. The van der Waals surface area contributed by atoms with Gasteiger partial charge in [-0.25, -0.2) is 8.42 Å². The Morgan fingerprint density at radius 2 is 1.84 bits per heavy atom. The maximum Gasteiger partial charge on any atom is 0.307 e. The lowest BCUT2D eigenvalue weighted by Crippen LogP contribution is -2.08. The van der Waals surface area contributed by atoms with E-state index in [2.05, 4.69) is 13.0 Å². The van der Waals surface area contributed by atoms with Crippen LogP contribution in [-0.4, -0.2) is 44.7 Å². The van der Waals surface area contributed by atoms with E-state index in [9.17, 15) is 13.2 Å². The number of sulfone groups is 1. The van der Waals surface area contributed by atoms with Crippen LogP contribution in [0.3, 0.4) is 0 Å². The molecule has 3 aromatic carbocycles. The highest BCUT2D eigenvalue weighted by molar-refractivity contribution is 7.90. The number of carboxylic acid groups (broad SMARTS) is 1. The number of hydrogen-bond acceptors (Lipinski definition) is 6. The first-order valence-electron chi connectivity index (χ1n) is 12.8. The normalized spacial score (nSPS) is 17.9. The molecule has 2 aliphatic rings. The van der Waals surface area contributed by atoms with Crippen molar-refractivity contribution in [3.05, 3.63) is 76.9 Å². The number of rotatable bonds is 10. The summed E-state index contributed by atoms with van der Waals surface area (Å²) in [6.07, 6.45) is 3.13. The summed E-state index contributed by atoms with van der Waals surface area (Å²) in [5, 5.41) is 9.15. The highest BCUT2D eigenvalue weighted by atomic mass is 32.2. The van der Waals surface area contributed by atoms with Gasteiger partial charge in [0.2, 0.25) is 0 Å². The Labute approximate surface area is 223 Å². The molecule has 7 nitrogen and oxygen atoms in total. The van der Waals surface area contributed by atoms with E-state index in [1.165, 1.54) is 6.26 Å². The monoisotopic (exact) mass is 536 g/mol. The second-order valence-electron chi connectivity index (χ2n) is 10.2. The Morgan fingerprint density at radius 1 is 1.05 bits per heavy atom. The van der Waals surface area contributed by atoms with E-state index < -0.39 is 15.8 Å². The number of carbonyl (C=O) groups is 1. The molecule has 1 aliphatic heterocycles. The number of aryl methyl sites for hydroxylation is 1. The van der Waals surface area contributed by atoms with Crippen LogP contribution in [0.1, 0.15) is 41.0 Å². The molecule has 0 bridgehead atoms.